The molecule has 0 radical (unpaired) electrons. The van der Waals surface area contributed by atoms with E-state index in [0.717, 1.165) is 47.7 Å². The SMILES string of the molecule is C[C@@H]1OCC2(CCN(c3cnc4c(Sc5ccnc6c5OCC5(COC5)N6)nn(COCC[Si](C)(C)C)c4n3)CC2)[C@@H]1NC(=O)OC(C)(C)C. The van der Waals surface area contributed by atoms with Gasteiger partial charge in [0.05, 0.1) is 43.1 Å². The summed E-state index contributed by atoms with van der Waals surface area (Å²) in [6, 6.07) is 2.87. The second kappa shape index (κ2) is 13.4. The molecule has 7 rings (SSSR count). The number of piperidine rings is 1. The van der Waals surface area contributed by atoms with Crippen LogP contribution in [0.4, 0.5) is 16.4 Å². The van der Waals surface area contributed by atoms with Crippen LogP contribution < -0.4 is 20.3 Å². The molecule has 2 spiro atoms. The first-order valence-electron chi connectivity index (χ1n) is 17.5. The fourth-order valence-electron chi connectivity index (χ4n) is 6.91. The monoisotopic (exact) mass is 726 g/mol. The predicted molar refractivity (Wildman–Crippen MR) is 193 cm³/mol. The molecule has 4 aliphatic rings. The van der Waals surface area contributed by atoms with Gasteiger partial charge in [0, 0.05) is 39.4 Å². The molecule has 1 amide bonds. The number of alkyl carbamates (subject to hydrolysis) is 1. The van der Waals surface area contributed by atoms with Gasteiger partial charge in [0.25, 0.3) is 0 Å². The van der Waals surface area contributed by atoms with Crippen molar-refractivity contribution in [1.29, 1.82) is 0 Å². The lowest BCUT2D eigenvalue weighted by atomic mass is 9.73. The van der Waals surface area contributed by atoms with Crippen LogP contribution >= 0.6 is 11.8 Å². The number of aromatic nitrogens is 5. The molecule has 7 heterocycles. The van der Waals surface area contributed by atoms with E-state index < -0.39 is 19.8 Å². The first kappa shape index (κ1) is 35.2. The van der Waals surface area contributed by atoms with Gasteiger partial charge in [-0.25, -0.2) is 24.4 Å². The molecule has 4 aliphatic heterocycles. The van der Waals surface area contributed by atoms with E-state index in [2.05, 4.69) is 40.2 Å². The largest absolute Gasteiger partial charge is 0.486 e. The molecule has 2 atom stereocenters. The summed E-state index contributed by atoms with van der Waals surface area (Å²) >= 11 is 1.49. The zero-order chi connectivity index (χ0) is 35.3. The Labute approximate surface area is 298 Å². The van der Waals surface area contributed by atoms with Gasteiger partial charge < -0.3 is 39.2 Å². The van der Waals surface area contributed by atoms with E-state index in [4.69, 9.17) is 38.8 Å². The van der Waals surface area contributed by atoms with Gasteiger partial charge in [-0.1, -0.05) is 31.4 Å². The van der Waals surface area contributed by atoms with Crippen LogP contribution in [-0.2, 0) is 25.7 Å². The van der Waals surface area contributed by atoms with Gasteiger partial charge >= 0.3 is 6.09 Å². The van der Waals surface area contributed by atoms with Crippen LogP contribution in [0.25, 0.3) is 11.2 Å². The smallest absolute Gasteiger partial charge is 0.407 e. The number of nitrogens with one attached hydrogen (secondary N) is 2. The van der Waals surface area contributed by atoms with Gasteiger partial charge in [0.2, 0.25) is 0 Å². The quantitative estimate of drug-likeness (QED) is 0.221. The summed E-state index contributed by atoms with van der Waals surface area (Å²) in [4.78, 5) is 30.5. The molecular formula is C34H50N8O6SSi. The van der Waals surface area contributed by atoms with Crippen LogP contribution in [0, 0.1) is 5.41 Å². The maximum atomic E-state index is 12.7. The Morgan fingerprint density at radius 1 is 1.16 bits per heavy atom. The van der Waals surface area contributed by atoms with Gasteiger partial charge in [0.1, 0.15) is 35.8 Å². The highest BCUT2D eigenvalue weighted by molar-refractivity contribution is 7.99. The highest BCUT2D eigenvalue weighted by Crippen LogP contribution is 2.45. The zero-order valence-electron chi connectivity index (χ0n) is 30.2. The number of ether oxygens (including phenoxy) is 5. The third-order valence-electron chi connectivity index (χ3n) is 9.84. The minimum Gasteiger partial charge on any atom is -0.486 e. The summed E-state index contributed by atoms with van der Waals surface area (Å²) in [6.45, 7) is 19.5. The van der Waals surface area contributed by atoms with Crippen molar-refractivity contribution in [2.24, 2.45) is 5.41 Å². The van der Waals surface area contributed by atoms with Crippen molar-refractivity contribution >= 4 is 48.7 Å². The first-order chi connectivity index (χ1) is 23.7. The van der Waals surface area contributed by atoms with Crippen LogP contribution in [0.3, 0.4) is 0 Å². The van der Waals surface area contributed by atoms with Crippen LogP contribution in [0.15, 0.2) is 28.4 Å². The molecule has 50 heavy (non-hydrogen) atoms. The van der Waals surface area contributed by atoms with Crippen LogP contribution in [0.2, 0.25) is 25.7 Å². The van der Waals surface area contributed by atoms with Crippen molar-refractivity contribution in [3.63, 3.8) is 0 Å². The molecule has 3 aromatic heterocycles. The van der Waals surface area contributed by atoms with Gasteiger partial charge in [-0.3, -0.25) is 0 Å². The second-order valence-electron chi connectivity index (χ2n) is 16.3. The molecular weight excluding hydrogens is 677 g/mol. The van der Waals surface area contributed by atoms with E-state index in [9.17, 15) is 4.79 Å². The van der Waals surface area contributed by atoms with Crippen LogP contribution in [-0.4, -0.2) is 108 Å². The number of nitrogens with zero attached hydrogens (tertiary/aromatic N) is 6. The molecule has 14 nitrogen and oxygen atoms in total. The summed E-state index contributed by atoms with van der Waals surface area (Å²) < 4.78 is 31.4. The van der Waals surface area contributed by atoms with E-state index in [1.807, 2.05) is 44.6 Å². The van der Waals surface area contributed by atoms with Crippen molar-refractivity contribution in [2.45, 2.75) is 106 Å². The molecule has 0 aliphatic carbocycles. The number of carbonyl (C=O) groups is 1. The van der Waals surface area contributed by atoms with Crippen molar-refractivity contribution in [2.75, 3.05) is 56.3 Å². The third kappa shape index (κ3) is 7.40. The molecule has 16 heteroatoms. The summed E-state index contributed by atoms with van der Waals surface area (Å²) in [6.07, 6.45) is 4.80. The minimum absolute atomic E-state index is 0.100. The number of pyridine rings is 1. The number of rotatable bonds is 9. The molecule has 0 unspecified atom stereocenters. The van der Waals surface area contributed by atoms with Gasteiger partial charge in [-0.05, 0) is 52.6 Å². The Morgan fingerprint density at radius 2 is 1.94 bits per heavy atom. The van der Waals surface area contributed by atoms with Crippen molar-refractivity contribution in [3.8, 4) is 5.75 Å². The van der Waals surface area contributed by atoms with Crippen molar-refractivity contribution < 1.29 is 28.5 Å². The van der Waals surface area contributed by atoms with E-state index >= 15 is 0 Å². The number of anilines is 2. The number of amides is 1. The highest BCUT2D eigenvalue weighted by Gasteiger charge is 2.51. The Balaban J connectivity index is 1.11. The third-order valence-corrected chi connectivity index (χ3v) is 12.6. The normalized spacial score (nSPS) is 22.6. The molecule has 3 aromatic rings. The van der Waals surface area contributed by atoms with Crippen LogP contribution in [0.1, 0.15) is 40.5 Å². The minimum atomic E-state index is -1.26. The fourth-order valence-corrected chi connectivity index (χ4v) is 8.64. The average molecular weight is 727 g/mol. The summed E-state index contributed by atoms with van der Waals surface area (Å²) in [5.74, 6) is 2.21. The van der Waals surface area contributed by atoms with Crippen molar-refractivity contribution in [3.05, 3.63) is 18.5 Å². The number of carbonyl (C=O) groups excluding carboxylic acids is 1. The predicted octanol–water partition coefficient (Wildman–Crippen LogP) is 5.16. The summed E-state index contributed by atoms with van der Waals surface area (Å²) in [7, 11) is -1.26. The summed E-state index contributed by atoms with van der Waals surface area (Å²) in [5.41, 5.74) is 0.431. The Bertz CT molecular complexity index is 1720. The molecule has 2 N–H and O–H groups in total. The lowest BCUT2D eigenvalue weighted by Gasteiger charge is -2.44. The van der Waals surface area contributed by atoms with E-state index in [1.165, 1.54) is 11.8 Å². The lowest BCUT2D eigenvalue weighted by Crippen LogP contribution is -2.61. The maximum Gasteiger partial charge on any atom is 0.407 e. The van der Waals surface area contributed by atoms with Crippen LogP contribution in [0.5, 0.6) is 5.75 Å². The van der Waals surface area contributed by atoms with E-state index in [-0.39, 0.29) is 29.8 Å². The number of hydrogen-bond donors (Lipinski definition) is 2. The Hall–Kier alpha value is -3.18. The zero-order valence-corrected chi connectivity index (χ0v) is 32.0. The molecule has 0 saturated carbocycles. The van der Waals surface area contributed by atoms with E-state index in [0.29, 0.717) is 55.8 Å². The molecule has 0 bridgehead atoms. The molecule has 3 fully saturated rings. The topological polar surface area (TPSA) is 147 Å². The van der Waals surface area contributed by atoms with Gasteiger partial charge in [0.15, 0.2) is 22.2 Å². The Kier molecular flexibility index (Phi) is 9.45. The first-order valence-corrected chi connectivity index (χ1v) is 22.1. The standard InChI is InChI=1S/C34H50N8O6SSi/c1-22-27(38-31(43)48-32(2,3)4)33(17-46-22)9-12-41(13-10-33)24-16-36-25-29(37-24)42(21-44-14-15-50(5,6)7)40-30(25)49-23-8-11-35-28-26(23)47-20-34(39-28)18-45-19-34/h8,11,16,22,27H,9-10,12-15,17-21H2,1-7H3,(H,35,39)(H,38,43)/t22-,27+/m0/s1. The van der Waals surface area contributed by atoms with Gasteiger partial charge in [-0.15, -0.1) is 0 Å². The highest BCUT2D eigenvalue weighted by atomic mass is 32.2. The van der Waals surface area contributed by atoms with Gasteiger partial charge in [-0.2, -0.15) is 5.10 Å². The molecule has 272 valence electrons. The average Bonchev–Trinajstić information content (AvgIpc) is 3.53. The molecule has 0 aromatic carbocycles. The fraction of sp³-hybridized carbons (Fsp3) is 0.676. The lowest BCUT2D eigenvalue weighted by molar-refractivity contribution is -0.0652. The second-order valence-corrected chi connectivity index (χ2v) is 23.0. The molecule has 3 saturated heterocycles. The summed E-state index contributed by atoms with van der Waals surface area (Å²) in [5, 5.41) is 12.4. The van der Waals surface area contributed by atoms with Crippen molar-refractivity contribution in [1.82, 2.24) is 30.0 Å². The van der Waals surface area contributed by atoms with E-state index in [1.54, 1.807) is 6.20 Å². The Morgan fingerprint density at radius 3 is 2.64 bits per heavy atom. The maximum absolute atomic E-state index is 12.7. The number of hydrogen-bond acceptors (Lipinski definition) is 13. The number of fused-ring (bicyclic) bond motifs is 2.